The Morgan fingerprint density at radius 3 is 2.11 bits per heavy atom. The first kappa shape index (κ1) is 15.9. The van der Waals surface area contributed by atoms with Crippen LogP contribution in [0.1, 0.15) is 18.1 Å². The Morgan fingerprint density at radius 2 is 1.63 bits per heavy atom. The summed E-state index contributed by atoms with van der Waals surface area (Å²) in [5, 5.41) is 45.7. The molecule has 5 N–H and O–H groups in total. The number of hydrogen-bond acceptors (Lipinski definition) is 6. The molecule has 0 aliphatic heterocycles. The largest absolute Gasteiger partial charge is 0.508 e. The van der Waals surface area contributed by atoms with Gasteiger partial charge in [0.15, 0.2) is 12.6 Å². The molecular formula is C13H21NO5. The molecule has 0 spiro atoms. The van der Waals surface area contributed by atoms with Gasteiger partial charge in [0.25, 0.3) is 0 Å². The molecule has 0 aromatic heterocycles. The van der Waals surface area contributed by atoms with Crippen molar-refractivity contribution in [3.05, 3.63) is 29.3 Å². The number of rotatable bonds is 7. The predicted octanol–water partition coefficient (Wildman–Crippen LogP) is -0.622. The number of phenolic OH excluding ortho intramolecular Hbond substituents is 1. The quantitative estimate of drug-likeness (QED) is 0.423. The van der Waals surface area contributed by atoms with Crippen LogP contribution in [0.25, 0.3) is 0 Å². The van der Waals surface area contributed by atoms with Crippen molar-refractivity contribution in [2.45, 2.75) is 32.5 Å². The predicted molar refractivity (Wildman–Crippen MR) is 69.2 cm³/mol. The number of aryl methyl sites for hydroxylation is 1. The molecule has 0 saturated carbocycles. The van der Waals surface area contributed by atoms with Crippen molar-refractivity contribution in [1.82, 2.24) is 4.90 Å². The van der Waals surface area contributed by atoms with Crippen molar-refractivity contribution in [3.63, 3.8) is 0 Å². The second-order valence-corrected chi connectivity index (χ2v) is 4.47. The summed E-state index contributed by atoms with van der Waals surface area (Å²) < 4.78 is 0. The van der Waals surface area contributed by atoms with Crippen LogP contribution < -0.4 is 0 Å². The second-order valence-electron chi connectivity index (χ2n) is 4.47. The molecule has 0 radical (unpaired) electrons. The molecule has 6 heteroatoms. The maximum Gasteiger partial charge on any atom is 0.164 e. The van der Waals surface area contributed by atoms with Gasteiger partial charge >= 0.3 is 0 Å². The molecule has 0 bridgehead atoms. The van der Waals surface area contributed by atoms with Gasteiger partial charge in [0.2, 0.25) is 0 Å². The number of aromatic hydroxyl groups is 1. The molecule has 6 nitrogen and oxygen atoms in total. The first-order chi connectivity index (χ1) is 8.92. The zero-order chi connectivity index (χ0) is 14.4. The third-order valence-electron chi connectivity index (χ3n) is 2.79. The van der Waals surface area contributed by atoms with E-state index in [0.29, 0.717) is 5.56 Å². The molecule has 0 aliphatic rings. The maximum absolute atomic E-state index is 9.77. The van der Waals surface area contributed by atoms with Crippen LogP contribution in [0, 0.1) is 0 Å². The van der Waals surface area contributed by atoms with E-state index >= 15 is 0 Å². The summed E-state index contributed by atoms with van der Waals surface area (Å²) in [6, 6.07) is 5.21. The Hall–Kier alpha value is -1.18. The Balaban J connectivity index is 2.82. The van der Waals surface area contributed by atoms with E-state index in [9.17, 15) is 5.11 Å². The van der Waals surface area contributed by atoms with E-state index in [0.717, 1.165) is 12.0 Å². The molecular weight excluding hydrogens is 250 g/mol. The number of aliphatic hydroxyl groups is 4. The highest BCUT2D eigenvalue weighted by atomic mass is 16.5. The summed E-state index contributed by atoms with van der Waals surface area (Å²) in [6.07, 6.45) is -2.33. The smallest absolute Gasteiger partial charge is 0.164 e. The van der Waals surface area contributed by atoms with Crippen LogP contribution >= 0.6 is 0 Å². The van der Waals surface area contributed by atoms with Gasteiger partial charge in [-0.1, -0.05) is 19.1 Å². The summed E-state index contributed by atoms with van der Waals surface area (Å²) in [5.74, 6) is 0.0991. The second kappa shape index (κ2) is 7.42. The molecule has 0 heterocycles. The molecule has 0 fully saturated rings. The summed E-state index contributed by atoms with van der Waals surface area (Å²) in [7, 11) is 0. The van der Waals surface area contributed by atoms with E-state index in [-0.39, 0.29) is 25.4 Å². The lowest BCUT2D eigenvalue weighted by Crippen LogP contribution is -2.37. The number of benzene rings is 1. The van der Waals surface area contributed by atoms with Gasteiger partial charge in [0, 0.05) is 25.2 Å². The van der Waals surface area contributed by atoms with Gasteiger partial charge in [0.1, 0.15) is 5.75 Å². The first-order valence-corrected chi connectivity index (χ1v) is 6.17. The lowest BCUT2D eigenvalue weighted by Gasteiger charge is -2.24. The number of aliphatic hydroxyl groups excluding tert-OH is 2. The van der Waals surface area contributed by atoms with Crippen molar-refractivity contribution in [1.29, 1.82) is 0 Å². The Morgan fingerprint density at radius 1 is 1.05 bits per heavy atom. The van der Waals surface area contributed by atoms with E-state index in [1.807, 2.05) is 19.1 Å². The van der Waals surface area contributed by atoms with Gasteiger partial charge in [-0.15, -0.1) is 0 Å². The average molecular weight is 271 g/mol. The monoisotopic (exact) mass is 271 g/mol. The fourth-order valence-electron chi connectivity index (χ4n) is 1.89. The zero-order valence-corrected chi connectivity index (χ0v) is 10.9. The van der Waals surface area contributed by atoms with E-state index in [1.54, 1.807) is 6.07 Å². The standard InChI is InChI=1S/C13H21NO5/c1-2-9-3-4-11(15)10(5-9)6-14(7-12(16)17)8-13(18)19/h3-5,12-13,15-19H,2,6-8H2,1H3. The number of nitrogens with zero attached hydrogens (tertiary/aromatic N) is 1. The zero-order valence-electron chi connectivity index (χ0n) is 10.9. The minimum Gasteiger partial charge on any atom is -0.508 e. The van der Waals surface area contributed by atoms with E-state index in [4.69, 9.17) is 20.4 Å². The van der Waals surface area contributed by atoms with Crippen molar-refractivity contribution in [2.24, 2.45) is 0 Å². The van der Waals surface area contributed by atoms with Gasteiger partial charge < -0.3 is 25.5 Å². The van der Waals surface area contributed by atoms with Crippen LogP contribution in [0.5, 0.6) is 5.75 Å². The highest BCUT2D eigenvalue weighted by molar-refractivity contribution is 5.36. The van der Waals surface area contributed by atoms with Crippen molar-refractivity contribution < 1.29 is 25.5 Å². The first-order valence-electron chi connectivity index (χ1n) is 6.17. The van der Waals surface area contributed by atoms with Crippen LogP contribution in [0.15, 0.2) is 18.2 Å². The molecule has 0 unspecified atom stereocenters. The fourth-order valence-corrected chi connectivity index (χ4v) is 1.89. The Labute approximate surface area is 112 Å². The van der Waals surface area contributed by atoms with Crippen molar-refractivity contribution >= 4 is 0 Å². The van der Waals surface area contributed by atoms with Crippen LogP contribution in [0.4, 0.5) is 0 Å². The highest BCUT2D eigenvalue weighted by Gasteiger charge is 2.15. The average Bonchev–Trinajstić information content (AvgIpc) is 2.30. The summed E-state index contributed by atoms with van der Waals surface area (Å²) in [6.45, 7) is 1.93. The van der Waals surface area contributed by atoms with E-state index < -0.39 is 12.6 Å². The SMILES string of the molecule is CCc1ccc(O)c(CN(CC(O)O)CC(O)O)c1. The van der Waals surface area contributed by atoms with Gasteiger partial charge in [-0.3, -0.25) is 4.90 Å². The van der Waals surface area contributed by atoms with Crippen LogP contribution in [0.3, 0.4) is 0 Å². The van der Waals surface area contributed by atoms with Gasteiger partial charge in [-0.25, -0.2) is 0 Å². The van der Waals surface area contributed by atoms with Crippen LogP contribution in [-0.2, 0) is 13.0 Å². The molecule has 1 aromatic carbocycles. The van der Waals surface area contributed by atoms with Crippen LogP contribution in [-0.4, -0.2) is 56.1 Å². The summed E-state index contributed by atoms with van der Waals surface area (Å²) >= 11 is 0. The molecule has 1 rings (SSSR count). The lowest BCUT2D eigenvalue weighted by molar-refractivity contribution is -0.0965. The Bertz CT molecular complexity index is 385. The van der Waals surface area contributed by atoms with E-state index in [1.165, 1.54) is 4.90 Å². The number of hydrogen-bond donors (Lipinski definition) is 5. The maximum atomic E-state index is 9.77. The molecule has 0 saturated heterocycles. The van der Waals surface area contributed by atoms with Gasteiger partial charge in [-0.2, -0.15) is 0 Å². The number of phenols is 1. The fraction of sp³-hybridized carbons (Fsp3) is 0.538. The molecule has 1 aromatic rings. The third kappa shape index (κ3) is 5.54. The highest BCUT2D eigenvalue weighted by Crippen LogP contribution is 2.21. The normalized spacial score (nSPS) is 11.8. The van der Waals surface area contributed by atoms with Gasteiger partial charge in [-0.05, 0) is 18.1 Å². The third-order valence-corrected chi connectivity index (χ3v) is 2.79. The Kier molecular flexibility index (Phi) is 6.20. The molecule has 0 aliphatic carbocycles. The van der Waals surface area contributed by atoms with Crippen LogP contribution in [0.2, 0.25) is 0 Å². The molecule has 108 valence electrons. The van der Waals surface area contributed by atoms with Gasteiger partial charge in [0.05, 0.1) is 0 Å². The summed E-state index contributed by atoms with van der Waals surface area (Å²) in [5.41, 5.74) is 1.66. The lowest BCUT2D eigenvalue weighted by atomic mass is 10.1. The van der Waals surface area contributed by atoms with Crippen molar-refractivity contribution in [2.75, 3.05) is 13.1 Å². The summed E-state index contributed by atoms with van der Waals surface area (Å²) in [4.78, 5) is 1.45. The molecule has 0 amide bonds. The minimum absolute atomic E-state index is 0.0991. The van der Waals surface area contributed by atoms with Crippen molar-refractivity contribution in [3.8, 4) is 5.75 Å². The molecule has 0 atom stereocenters. The van der Waals surface area contributed by atoms with E-state index in [2.05, 4.69) is 0 Å². The topological polar surface area (TPSA) is 104 Å². The minimum atomic E-state index is -1.57. The molecule has 19 heavy (non-hydrogen) atoms.